The molecule has 0 aliphatic heterocycles. The summed E-state index contributed by atoms with van der Waals surface area (Å²) >= 11 is 0. The van der Waals surface area contributed by atoms with E-state index in [9.17, 15) is 4.91 Å². The molecule has 1 aromatic rings. The third kappa shape index (κ3) is 1.91. The fourth-order valence-corrected chi connectivity index (χ4v) is 1.32. The van der Waals surface area contributed by atoms with E-state index in [1.54, 1.807) is 4.68 Å². The molecule has 0 fully saturated rings. The summed E-state index contributed by atoms with van der Waals surface area (Å²) < 4.78 is 1.74. The predicted molar refractivity (Wildman–Crippen MR) is 49.5 cm³/mol. The number of hydrogen-bond donors (Lipinski definition) is 0. The second-order valence-corrected chi connectivity index (χ2v) is 3.72. The molecule has 5 heteroatoms. The molecule has 0 radical (unpaired) electrons. The Bertz CT molecular complexity index is 316. The molecule has 0 saturated carbocycles. The number of aryl methyl sites for hydroxylation is 2. The minimum Gasteiger partial charge on any atom is -0.243 e. The third-order valence-electron chi connectivity index (χ3n) is 1.90. The molecule has 0 saturated heterocycles. The zero-order valence-corrected chi connectivity index (χ0v) is 8.40. The van der Waals surface area contributed by atoms with Crippen LogP contribution < -0.4 is 0 Å². The van der Waals surface area contributed by atoms with E-state index in [2.05, 4.69) is 15.3 Å². The second-order valence-electron chi connectivity index (χ2n) is 3.72. The van der Waals surface area contributed by atoms with Gasteiger partial charge in [0.05, 0.1) is 5.54 Å². The summed E-state index contributed by atoms with van der Waals surface area (Å²) in [5.41, 5.74) is -0.382. The van der Waals surface area contributed by atoms with E-state index in [1.165, 1.54) is 0 Å². The first kappa shape index (κ1) is 9.83. The van der Waals surface area contributed by atoms with Crippen LogP contribution in [0.5, 0.6) is 0 Å². The van der Waals surface area contributed by atoms with Crippen molar-refractivity contribution in [1.82, 2.24) is 14.8 Å². The highest BCUT2D eigenvalue weighted by molar-refractivity contribution is 4.94. The minimum atomic E-state index is -0.382. The van der Waals surface area contributed by atoms with Gasteiger partial charge in [-0.1, -0.05) is 5.18 Å². The monoisotopic (exact) mass is 182 g/mol. The second kappa shape index (κ2) is 3.24. The van der Waals surface area contributed by atoms with Gasteiger partial charge in [-0.2, -0.15) is 10.0 Å². The highest BCUT2D eigenvalue weighted by atomic mass is 16.3. The van der Waals surface area contributed by atoms with E-state index in [0.29, 0.717) is 0 Å². The lowest BCUT2D eigenvalue weighted by Gasteiger charge is -2.22. The maximum Gasteiger partial charge on any atom is 0.147 e. The highest BCUT2D eigenvalue weighted by Crippen LogP contribution is 2.16. The van der Waals surface area contributed by atoms with Crippen LogP contribution in [-0.4, -0.2) is 21.3 Å². The fraction of sp³-hybridized carbons (Fsp3) is 0.750. The van der Waals surface area contributed by atoms with E-state index >= 15 is 0 Å². The molecule has 72 valence electrons. The van der Waals surface area contributed by atoms with Crippen LogP contribution in [0.3, 0.4) is 0 Å². The Balaban J connectivity index is 3.05. The average Bonchev–Trinajstić information content (AvgIpc) is 2.30. The van der Waals surface area contributed by atoms with Gasteiger partial charge in [0.2, 0.25) is 0 Å². The summed E-state index contributed by atoms with van der Waals surface area (Å²) in [5.74, 6) is 1.53. The quantitative estimate of drug-likeness (QED) is 0.664. The molecule has 0 aliphatic rings. The molecular formula is C8H14N4O. The normalized spacial score (nSPS) is 11.7. The van der Waals surface area contributed by atoms with E-state index in [0.717, 1.165) is 11.6 Å². The van der Waals surface area contributed by atoms with Gasteiger partial charge in [0.25, 0.3) is 0 Å². The van der Waals surface area contributed by atoms with Crippen molar-refractivity contribution in [3.8, 4) is 0 Å². The Morgan fingerprint density at radius 3 is 2.46 bits per heavy atom. The van der Waals surface area contributed by atoms with E-state index in [1.807, 2.05) is 27.7 Å². The van der Waals surface area contributed by atoms with Crippen LogP contribution >= 0.6 is 0 Å². The van der Waals surface area contributed by atoms with E-state index in [-0.39, 0.29) is 12.1 Å². The predicted octanol–water partition coefficient (Wildman–Crippen LogP) is 1.40. The van der Waals surface area contributed by atoms with E-state index < -0.39 is 0 Å². The maximum absolute atomic E-state index is 10.2. The molecule has 1 rings (SSSR count). The fourth-order valence-electron chi connectivity index (χ4n) is 1.32. The number of aromatic nitrogens is 3. The van der Waals surface area contributed by atoms with Crippen LogP contribution in [0.2, 0.25) is 0 Å². The van der Waals surface area contributed by atoms with Crippen molar-refractivity contribution in [2.45, 2.75) is 33.2 Å². The lowest BCUT2D eigenvalue weighted by Crippen LogP contribution is -2.31. The van der Waals surface area contributed by atoms with Gasteiger partial charge in [-0.15, -0.1) is 0 Å². The smallest absolute Gasteiger partial charge is 0.147 e. The molecule has 1 aromatic heterocycles. The molecule has 0 aromatic carbocycles. The largest absolute Gasteiger partial charge is 0.243 e. The Morgan fingerprint density at radius 2 is 2.08 bits per heavy atom. The summed E-state index contributed by atoms with van der Waals surface area (Å²) in [6.45, 7) is 7.72. The summed E-state index contributed by atoms with van der Waals surface area (Å²) in [5, 5.41) is 7.10. The van der Waals surface area contributed by atoms with Crippen molar-refractivity contribution in [2.24, 2.45) is 5.18 Å². The zero-order valence-electron chi connectivity index (χ0n) is 8.40. The molecule has 0 spiro atoms. The Labute approximate surface area is 77.1 Å². The van der Waals surface area contributed by atoms with Gasteiger partial charge >= 0.3 is 0 Å². The standard InChI is InChI=1S/C8H14N4O/c1-6-10-7(2)12(11-6)8(3,4)5-9-13/h5H2,1-4H3. The lowest BCUT2D eigenvalue weighted by molar-refractivity contribution is 0.321. The summed E-state index contributed by atoms with van der Waals surface area (Å²) in [7, 11) is 0. The van der Waals surface area contributed by atoms with Crippen molar-refractivity contribution in [3.63, 3.8) is 0 Å². The van der Waals surface area contributed by atoms with Crippen LogP contribution in [0, 0.1) is 18.8 Å². The van der Waals surface area contributed by atoms with E-state index in [4.69, 9.17) is 0 Å². The van der Waals surface area contributed by atoms with Crippen molar-refractivity contribution in [3.05, 3.63) is 16.6 Å². The average molecular weight is 182 g/mol. The van der Waals surface area contributed by atoms with Gasteiger partial charge in [0, 0.05) is 0 Å². The molecule has 0 amide bonds. The molecule has 0 N–H and O–H groups in total. The first-order chi connectivity index (χ1) is 5.97. The van der Waals surface area contributed by atoms with Gasteiger partial charge in [-0.3, -0.25) is 0 Å². The van der Waals surface area contributed by atoms with Crippen LogP contribution in [-0.2, 0) is 5.54 Å². The highest BCUT2D eigenvalue weighted by Gasteiger charge is 2.24. The maximum atomic E-state index is 10.2. The van der Waals surface area contributed by atoms with Gasteiger partial charge in [-0.05, 0) is 27.7 Å². The summed E-state index contributed by atoms with van der Waals surface area (Å²) in [6, 6.07) is 0. The Morgan fingerprint density at radius 1 is 1.46 bits per heavy atom. The number of rotatable bonds is 3. The molecule has 13 heavy (non-hydrogen) atoms. The molecule has 0 bridgehead atoms. The molecule has 0 atom stereocenters. The van der Waals surface area contributed by atoms with Crippen LogP contribution in [0.15, 0.2) is 5.18 Å². The topological polar surface area (TPSA) is 60.1 Å². The van der Waals surface area contributed by atoms with Crippen molar-refractivity contribution < 1.29 is 0 Å². The number of nitrogens with zero attached hydrogens (tertiary/aromatic N) is 4. The van der Waals surface area contributed by atoms with Gasteiger partial charge < -0.3 is 0 Å². The summed E-state index contributed by atoms with van der Waals surface area (Å²) in [6.07, 6.45) is 0. The molecule has 1 heterocycles. The number of hydrogen-bond acceptors (Lipinski definition) is 4. The van der Waals surface area contributed by atoms with Gasteiger partial charge in [-0.25, -0.2) is 9.67 Å². The summed E-state index contributed by atoms with van der Waals surface area (Å²) in [4.78, 5) is 14.4. The third-order valence-corrected chi connectivity index (χ3v) is 1.90. The van der Waals surface area contributed by atoms with Crippen LogP contribution in [0.4, 0.5) is 0 Å². The van der Waals surface area contributed by atoms with Crippen LogP contribution in [0.25, 0.3) is 0 Å². The van der Waals surface area contributed by atoms with Gasteiger partial charge in [0.15, 0.2) is 0 Å². The van der Waals surface area contributed by atoms with Crippen molar-refractivity contribution in [2.75, 3.05) is 6.54 Å². The molecule has 0 aliphatic carbocycles. The Hall–Kier alpha value is -1.26. The van der Waals surface area contributed by atoms with Crippen molar-refractivity contribution >= 4 is 0 Å². The van der Waals surface area contributed by atoms with Crippen molar-refractivity contribution in [1.29, 1.82) is 0 Å². The minimum absolute atomic E-state index is 0.205. The first-order valence-electron chi connectivity index (χ1n) is 4.17. The number of nitroso groups, excluding NO2 is 1. The first-order valence-corrected chi connectivity index (χ1v) is 4.17. The molecule has 5 nitrogen and oxygen atoms in total. The lowest BCUT2D eigenvalue weighted by atomic mass is 10.1. The zero-order chi connectivity index (χ0) is 10.1. The Kier molecular flexibility index (Phi) is 2.45. The van der Waals surface area contributed by atoms with Gasteiger partial charge in [0.1, 0.15) is 18.2 Å². The molecule has 0 unspecified atom stereocenters. The molecular weight excluding hydrogens is 168 g/mol. The van der Waals surface area contributed by atoms with Crippen LogP contribution in [0.1, 0.15) is 25.5 Å². The SMILES string of the molecule is Cc1nc(C)n(C(C)(C)CN=O)n1.